The summed E-state index contributed by atoms with van der Waals surface area (Å²) >= 11 is 5.90. The average molecular weight is 282 g/mol. The van der Waals surface area contributed by atoms with E-state index in [1.807, 2.05) is 0 Å². The summed E-state index contributed by atoms with van der Waals surface area (Å²) in [6.45, 7) is 1.78. The molecule has 2 aromatic rings. The van der Waals surface area contributed by atoms with Gasteiger partial charge in [-0.2, -0.15) is 5.10 Å². The van der Waals surface area contributed by atoms with Gasteiger partial charge in [0.1, 0.15) is 12.2 Å². The number of anilines is 1. The van der Waals surface area contributed by atoms with Crippen molar-refractivity contribution in [3.05, 3.63) is 35.0 Å². The summed E-state index contributed by atoms with van der Waals surface area (Å²) < 4.78 is 0. The van der Waals surface area contributed by atoms with Gasteiger partial charge < -0.3 is 10.7 Å². The molecular formula is C10H12ClN7O. The highest BCUT2D eigenvalue weighted by Gasteiger charge is 2.15. The summed E-state index contributed by atoms with van der Waals surface area (Å²) in [5.74, 6) is 5.76. The van der Waals surface area contributed by atoms with Gasteiger partial charge in [-0.15, -0.1) is 0 Å². The van der Waals surface area contributed by atoms with E-state index in [1.54, 1.807) is 6.92 Å². The van der Waals surface area contributed by atoms with E-state index in [2.05, 4.69) is 30.9 Å². The topological polar surface area (TPSA) is 122 Å². The molecule has 0 saturated heterocycles. The number of pyridine rings is 1. The predicted octanol–water partition coefficient (Wildman–Crippen LogP) is 0.630. The van der Waals surface area contributed by atoms with Gasteiger partial charge in [-0.25, -0.2) is 15.8 Å². The molecule has 19 heavy (non-hydrogen) atoms. The minimum atomic E-state index is -0.318. The number of H-pyrrole nitrogens is 1. The van der Waals surface area contributed by atoms with E-state index in [0.29, 0.717) is 17.2 Å². The zero-order chi connectivity index (χ0) is 13.8. The Kier molecular flexibility index (Phi) is 3.93. The molecule has 5 N–H and O–H groups in total. The molecule has 0 saturated carbocycles. The van der Waals surface area contributed by atoms with Gasteiger partial charge in [-0.3, -0.25) is 9.89 Å². The molecule has 0 aromatic carbocycles. The SMILES string of the molecule is CC(NC(=O)c1cnc(NN)c(Cl)c1)c1ncn[nH]1. The Bertz CT molecular complexity index is 571. The maximum atomic E-state index is 12.0. The van der Waals surface area contributed by atoms with Crippen LogP contribution in [0.2, 0.25) is 5.02 Å². The number of carbonyl (C=O) groups is 1. The Labute approximate surface area is 113 Å². The fourth-order valence-electron chi connectivity index (χ4n) is 1.44. The van der Waals surface area contributed by atoms with Gasteiger partial charge in [-0.1, -0.05) is 11.6 Å². The van der Waals surface area contributed by atoms with Crippen LogP contribution in [0.3, 0.4) is 0 Å². The smallest absolute Gasteiger partial charge is 0.253 e. The van der Waals surface area contributed by atoms with Crippen LogP contribution >= 0.6 is 11.6 Å². The number of halogens is 1. The molecule has 100 valence electrons. The minimum absolute atomic E-state index is 0.266. The fourth-order valence-corrected chi connectivity index (χ4v) is 1.66. The van der Waals surface area contributed by atoms with Gasteiger partial charge in [0, 0.05) is 6.20 Å². The van der Waals surface area contributed by atoms with Gasteiger partial charge in [0.05, 0.1) is 16.6 Å². The lowest BCUT2D eigenvalue weighted by Crippen LogP contribution is -2.27. The number of nitrogens with zero attached hydrogens (tertiary/aromatic N) is 3. The second-order valence-corrected chi connectivity index (χ2v) is 4.17. The van der Waals surface area contributed by atoms with Crippen LogP contribution in [-0.4, -0.2) is 26.1 Å². The van der Waals surface area contributed by atoms with E-state index in [-0.39, 0.29) is 17.0 Å². The number of aromatic nitrogens is 4. The Hall–Kier alpha value is -2.19. The maximum absolute atomic E-state index is 12.0. The van der Waals surface area contributed by atoms with Crippen LogP contribution in [0.4, 0.5) is 5.82 Å². The molecule has 2 rings (SSSR count). The van der Waals surface area contributed by atoms with Crippen molar-refractivity contribution < 1.29 is 4.79 Å². The number of hydrazine groups is 1. The van der Waals surface area contributed by atoms with E-state index in [4.69, 9.17) is 17.4 Å². The normalized spacial score (nSPS) is 11.9. The molecule has 1 amide bonds. The zero-order valence-corrected chi connectivity index (χ0v) is 10.8. The molecular weight excluding hydrogens is 270 g/mol. The molecule has 2 heterocycles. The number of rotatable bonds is 4. The Morgan fingerprint density at radius 3 is 2.89 bits per heavy atom. The third kappa shape index (κ3) is 2.98. The van der Waals surface area contributed by atoms with E-state index < -0.39 is 0 Å². The van der Waals surface area contributed by atoms with E-state index in [0.717, 1.165) is 0 Å². The van der Waals surface area contributed by atoms with Gasteiger partial charge in [0.15, 0.2) is 5.82 Å². The summed E-state index contributed by atoms with van der Waals surface area (Å²) in [5, 5.41) is 9.40. The standard InChI is InChI=1S/C10H12ClN7O/c1-5(8-14-4-15-18-8)16-10(19)6-2-7(11)9(17-12)13-3-6/h2-5H,12H2,1H3,(H,13,17)(H,16,19)(H,14,15,18). The second kappa shape index (κ2) is 5.63. The molecule has 8 nitrogen and oxygen atoms in total. The van der Waals surface area contributed by atoms with Crippen molar-refractivity contribution in [2.24, 2.45) is 5.84 Å². The highest BCUT2D eigenvalue weighted by Crippen LogP contribution is 2.19. The highest BCUT2D eigenvalue weighted by atomic mass is 35.5. The Balaban J connectivity index is 2.10. The van der Waals surface area contributed by atoms with Crippen LogP contribution < -0.4 is 16.6 Å². The number of nitrogen functional groups attached to an aromatic ring is 1. The number of hydrogen-bond donors (Lipinski definition) is 4. The van der Waals surface area contributed by atoms with Gasteiger partial charge in [-0.05, 0) is 13.0 Å². The predicted molar refractivity (Wildman–Crippen MR) is 69.3 cm³/mol. The largest absolute Gasteiger partial charge is 0.342 e. The molecule has 0 fully saturated rings. The lowest BCUT2D eigenvalue weighted by atomic mass is 10.2. The van der Waals surface area contributed by atoms with Crippen LogP contribution in [0.25, 0.3) is 0 Å². The lowest BCUT2D eigenvalue weighted by molar-refractivity contribution is 0.0938. The first-order valence-electron chi connectivity index (χ1n) is 5.40. The number of carbonyl (C=O) groups excluding carboxylic acids is 1. The Morgan fingerprint density at radius 2 is 2.32 bits per heavy atom. The fraction of sp³-hybridized carbons (Fsp3) is 0.200. The van der Waals surface area contributed by atoms with Crippen LogP contribution in [-0.2, 0) is 0 Å². The van der Waals surface area contributed by atoms with Crippen molar-refractivity contribution in [1.29, 1.82) is 0 Å². The molecule has 0 aliphatic rings. The number of nitrogens with one attached hydrogen (secondary N) is 3. The van der Waals surface area contributed by atoms with Crippen LogP contribution in [0.5, 0.6) is 0 Å². The van der Waals surface area contributed by atoms with Crippen molar-refractivity contribution in [3.63, 3.8) is 0 Å². The summed E-state index contributed by atoms with van der Waals surface area (Å²) in [7, 11) is 0. The molecule has 1 unspecified atom stereocenters. The average Bonchev–Trinajstić information content (AvgIpc) is 2.92. The minimum Gasteiger partial charge on any atom is -0.342 e. The molecule has 1 atom stereocenters. The molecule has 0 aliphatic heterocycles. The first-order chi connectivity index (χ1) is 9.11. The van der Waals surface area contributed by atoms with E-state index >= 15 is 0 Å². The first-order valence-corrected chi connectivity index (χ1v) is 5.78. The quantitative estimate of drug-likeness (QED) is 0.482. The number of amides is 1. The third-order valence-corrected chi connectivity index (χ3v) is 2.72. The van der Waals surface area contributed by atoms with Gasteiger partial charge in [0.2, 0.25) is 0 Å². The first kappa shape index (κ1) is 13.2. The summed E-state index contributed by atoms with van der Waals surface area (Å²) in [4.78, 5) is 19.9. The van der Waals surface area contributed by atoms with Crippen LogP contribution in [0, 0.1) is 0 Å². The van der Waals surface area contributed by atoms with Crippen molar-refractivity contribution in [3.8, 4) is 0 Å². The highest BCUT2D eigenvalue weighted by molar-refractivity contribution is 6.33. The zero-order valence-electron chi connectivity index (χ0n) is 10.0. The van der Waals surface area contributed by atoms with E-state index in [1.165, 1.54) is 18.6 Å². The summed E-state index contributed by atoms with van der Waals surface area (Å²) in [5.41, 5.74) is 2.66. The number of nitrogens with two attached hydrogens (primary N) is 1. The van der Waals surface area contributed by atoms with Gasteiger partial charge >= 0.3 is 0 Å². The molecule has 2 aromatic heterocycles. The second-order valence-electron chi connectivity index (χ2n) is 3.76. The van der Waals surface area contributed by atoms with Crippen LogP contribution in [0.15, 0.2) is 18.6 Å². The molecule has 0 spiro atoms. The van der Waals surface area contributed by atoms with Crippen molar-refractivity contribution in [2.75, 3.05) is 5.43 Å². The van der Waals surface area contributed by atoms with Gasteiger partial charge in [0.25, 0.3) is 5.91 Å². The number of aromatic amines is 1. The molecule has 9 heteroatoms. The number of hydrogen-bond acceptors (Lipinski definition) is 6. The molecule has 0 bridgehead atoms. The summed E-state index contributed by atoms with van der Waals surface area (Å²) in [6, 6.07) is 1.17. The molecule has 0 aliphatic carbocycles. The van der Waals surface area contributed by atoms with E-state index in [9.17, 15) is 4.79 Å². The maximum Gasteiger partial charge on any atom is 0.253 e. The summed E-state index contributed by atoms with van der Waals surface area (Å²) in [6.07, 6.45) is 2.75. The monoisotopic (exact) mass is 281 g/mol. The third-order valence-electron chi connectivity index (χ3n) is 2.43. The Morgan fingerprint density at radius 1 is 1.53 bits per heavy atom. The van der Waals surface area contributed by atoms with Crippen molar-refractivity contribution >= 4 is 23.3 Å². The molecule has 0 radical (unpaired) electrons. The van der Waals surface area contributed by atoms with Crippen LogP contribution in [0.1, 0.15) is 29.1 Å². The lowest BCUT2D eigenvalue weighted by Gasteiger charge is -2.11. The van der Waals surface area contributed by atoms with Crippen molar-refractivity contribution in [1.82, 2.24) is 25.5 Å². The van der Waals surface area contributed by atoms with Crippen molar-refractivity contribution in [2.45, 2.75) is 13.0 Å².